The van der Waals surface area contributed by atoms with E-state index >= 15 is 0 Å². The summed E-state index contributed by atoms with van der Waals surface area (Å²) in [6.45, 7) is 0.814. The molecule has 19 heavy (non-hydrogen) atoms. The first-order valence-electron chi connectivity index (χ1n) is 6.11. The summed E-state index contributed by atoms with van der Waals surface area (Å²) in [5.41, 5.74) is 0.301. The summed E-state index contributed by atoms with van der Waals surface area (Å²) in [7, 11) is -2.24. The van der Waals surface area contributed by atoms with Crippen LogP contribution in [-0.2, 0) is 14.8 Å². The van der Waals surface area contributed by atoms with Crippen LogP contribution in [0.3, 0.4) is 0 Å². The Bertz CT molecular complexity index is 565. The summed E-state index contributed by atoms with van der Waals surface area (Å²) in [5, 5.41) is 5.74. The average Bonchev–Trinajstić information content (AvgIpc) is 2.93. The number of anilines is 1. The van der Waals surface area contributed by atoms with Crippen LogP contribution >= 0.6 is 0 Å². The Labute approximate surface area is 112 Å². The normalized spacial score (nSPS) is 19.3. The van der Waals surface area contributed by atoms with Crippen molar-refractivity contribution in [1.82, 2.24) is 10.0 Å². The molecule has 0 aliphatic carbocycles. The van der Waals surface area contributed by atoms with E-state index in [4.69, 9.17) is 0 Å². The number of hydrogen-bond acceptors (Lipinski definition) is 4. The van der Waals surface area contributed by atoms with Crippen molar-refractivity contribution in [3.8, 4) is 0 Å². The van der Waals surface area contributed by atoms with Crippen LogP contribution < -0.4 is 15.4 Å². The molecule has 0 radical (unpaired) electrons. The molecular weight excluding hydrogens is 266 g/mol. The molecule has 1 aliphatic rings. The first kappa shape index (κ1) is 14.0. The number of amides is 1. The van der Waals surface area contributed by atoms with Gasteiger partial charge in [0, 0.05) is 0 Å². The third kappa shape index (κ3) is 3.12. The molecular formula is C12H17N3O3S. The van der Waals surface area contributed by atoms with Gasteiger partial charge in [-0.25, -0.2) is 13.1 Å². The van der Waals surface area contributed by atoms with Crippen molar-refractivity contribution in [1.29, 1.82) is 0 Å². The maximum Gasteiger partial charge on any atom is 0.242 e. The first-order chi connectivity index (χ1) is 9.04. The van der Waals surface area contributed by atoms with Gasteiger partial charge in [-0.2, -0.15) is 0 Å². The van der Waals surface area contributed by atoms with E-state index in [9.17, 15) is 13.2 Å². The molecule has 1 atom stereocenters. The van der Waals surface area contributed by atoms with Crippen molar-refractivity contribution in [2.45, 2.75) is 23.8 Å². The Balaban J connectivity index is 2.23. The Kier molecular flexibility index (Phi) is 4.18. The monoisotopic (exact) mass is 283 g/mol. The summed E-state index contributed by atoms with van der Waals surface area (Å²) in [4.78, 5) is 12.1. The van der Waals surface area contributed by atoms with Crippen LogP contribution in [0.4, 0.5) is 5.69 Å². The maximum absolute atomic E-state index is 12.0. The van der Waals surface area contributed by atoms with Crippen molar-refractivity contribution < 1.29 is 13.2 Å². The molecule has 0 saturated carbocycles. The van der Waals surface area contributed by atoms with E-state index in [0.29, 0.717) is 5.69 Å². The molecule has 1 aromatic rings. The fourth-order valence-corrected chi connectivity index (χ4v) is 2.93. The smallest absolute Gasteiger partial charge is 0.242 e. The molecule has 0 unspecified atom stereocenters. The number of para-hydroxylation sites is 1. The lowest BCUT2D eigenvalue weighted by molar-refractivity contribution is -0.117. The van der Waals surface area contributed by atoms with E-state index in [0.717, 1.165) is 19.4 Å². The highest BCUT2D eigenvalue weighted by Gasteiger charge is 2.24. The maximum atomic E-state index is 12.0. The Morgan fingerprint density at radius 1 is 1.37 bits per heavy atom. The molecule has 1 aromatic carbocycles. The standard InChI is InChI=1S/C12H17N3O3S/c1-13-19(17,18)11-7-3-2-5-9(11)15-12(16)10-6-4-8-14-10/h2-3,5,7,10,13-14H,4,6,8H2,1H3,(H,15,16)/t10-/m0/s1. The van der Waals surface area contributed by atoms with E-state index in [1.807, 2.05) is 0 Å². The lowest BCUT2D eigenvalue weighted by Crippen LogP contribution is -2.36. The first-order valence-corrected chi connectivity index (χ1v) is 7.60. The van der Waals surface area contributed by atoms with Crippen molar-refractivity contribution in [2.75, 3.05) is 18.9 Å². The molecule has 2 rings (SSSR count). The summed E-state index contributed by atoms with van der Waals surface area (Å²) in [5.74, 6) is -0.198. The second kappa shape index (κ2) is 5.68. The van der Waals surface area contributed by atoms with Crippen LogP contribution in [0.15, 0.2) is 29.2 Å². The van der Waals surface area contributed by atoms with Crippen LogP contribution in [-0.4, -0.2) is 34.0 Å². The highest BCUT2D eigenvalue weighted by molar-refractivity contribution is 7.89. The van der Waals surface area contributed by atoms with Gasteiger partial charge >= 0.3 is 0 Å². The van der Waals surface area contributed by atoms with Gasteiger partial charge in [0.25, 0.3) is 0 Å². The van der Waals surface area contributed by atoms with E-state index in [1.54, 1.807) is 18.2 Å². The van der Waals surface area contributed by atoms with Gasteiger partial charge in [0.15, 0.2) is 0 Å². The predicted octanol–water partition coefficient (Wildman–Crippen LogP) is 0.285. The Hall–Kier alpha value is -1.44. The fraction of sp³-hybridized carbons (Fsp3) is 0.417. The molecule has 1 saturated heterocycles. The SMILES string of the molecule is CNS(=O)(=O)c1ccccc1NC(=O)[C@@H]1CCCN1. The van der Waals surface area contributed by atoms with Crippen molar-refractivity contribution in [2.24, 2.45) is 0 Å². The third-order valence-corrected chi connectivity index (χ3v) is 4.55. The topological polar surface area (TPSA) is 87.3 Å². The molecule has 1 fully saturated rings. The Morgan fingerprint density at radius 3 is 2.74 bits per heavy atom. The van der Waals surface area contributed by atoms with Crippen molar-refractivity contribution in [3.05, 3.63) is 24.3 Å². The molecule has 7 heteroatoms. The van der Waals surface area contributed by atoms with Crippen molar-refractivity contribution >= 4 is 21.6 Å². The van der Waals surface area contributed by atoms with Gasteiger partial charge in [-0.05, 0) is 38.6 Å². The summed E-state index contributed by atoms with van der Waals surface area (Å²) in [6, 6.07) is 6.10. The highest BCUT2D eigenvalue weighted by Crippen LogP contribution is 2.21. The third-order valence-electron chi connectivity index (χ3n) is 3.08. The van der Waals surface area contributed by atoms with Crippen LogP contribution in [0.1, 0.15) is 12.8 Å². The zero-order chi connectivity index (χ0) is 13.9. The number of hydrogen-bond donors (Lipinski definition) is 3. The molecule has 1 amide bonds. The summed E-state index contributed by atoms with van der Waals surface area (Å²) < 4.78 is 25.9. The molecule has 3 N–H and O–H groups in total. The number of carbonyl (C=O) groups is 1. The molecule has 6 nitrogen and oxygen atoms in total. The molecule has 1 heterocycles. The molecule has 0 aromatic heterocycles. The molecule has 104 valence electrons. The van der Waals surface area contributed by atoms with Crippen LogP contribution in [0.2, 0.25) is 0 Å². The van der Waals surface area contributed by atoms with Crippen molar-refractivity contribution in [3.63, 3.8) is 0 Å². The van der Waals surface area contributed by atoms with Gasteiger partial charge in [0.05, 0.1) is 11.7 Å². The Morgan fingerprint density at radius 2 is 2.11 bits per heavy atom. The average molecular weight is 283 g/mol. The van der Waals surface area contributed by atoms with Gasteiger partial charge in [0.2, 0.25) is 15.9 Å². The minimum absolute atomic E-state index is 0.0730. The minimum Gasteiger partial charge on any atom is -0.324 e. The zero-order valence-electron chi connectivity index (χ0n) is 10.6. The predicted molar refractivity (Wildman–Crippen MR) is 72.3 cm³/mol. The van der Waals surface area contributed by atoms with Gasteiger partial charge < -0.3 is 10.6 Å². The molecule has 0 bridgehead atoms. The van der Waals surface area contributed by atoms with Crippen LogP contribution in [0.25, 0.3) is 0 Å². The summed E-state index contributed by atoms with van der Waals surface area (Å²) >= 11 is 0. The number of carbonyl (C=O) groups excluding carboxylic acids is 1. The summed E-state index contributed by atoms with van der Waals surface area (Å²) in [6.07, 6.45) is 1.72. The van der Waals surface area contributed by atoms with E-state index < -0.39 is 10.0 Å². The second-order valence-corrected chi connectivity index (χ2v) is 6.20. The van der Waals surface area contributed by atoms with Gasteiger partial charge in [-0.3, -0.25) is 4.79 Å². The number of sulfonamides is 1. The molecule has 0 spiro atoms. The molecule has 1 aliphatic heterocycles. The van der Waals surface area contributed by atoms with Gasteiger partial charge in [-0.1, -0.05) is 12.1 Å². The van der Waals surface area contributed by atoms with Gasteiger partial charge in [0.1, 0.15) is 4.90 Å². The lowest BCUT2D eigenvalue weighted by atomic mass is 10.2. The minimum atomic E-state index is -3.58. The number of nitrogens with one attached hydrogen (secondary N) is 3. The largest absolute Gasteiger partial charge is 0.324 e. The van der Waals surface area contributed by atoms with E-state index in [1.165, 1.54) is 13.1 Å². The fourth-order valence-electron chi connectivity index (χ4n) is 2.04. The van der Waals surface area contributed by atoms with E-state index in [2.05, 4.69) is 15.4 Å². The number of benzene rings is 1. The highest BCUT2D eigenvalue weighted by atomic mass is 32.2. The van der Waals surface area contributed by atoms with Gasteiger partial charge in [-0.15, -0.1) is 0 Å². The van der Waals surface area contributed by atoms with E-state index in [-0.39, 0.29) is 16.8 Å². The zero-order valence-corrected chi connectivity index (χ0v) is 11.5. The second-order valence-electron chi connectivity index (χ2n) is 4.34. The lowest BCUT2D eigenvalue weighted by Gasteiger charge is -2.14. The van der Waals surface area contributed by atoms with Crippen LogP contribution in [0.5, 0.6) is 0 Å². The number of rotatable bonds is 4. The quantitative estimate of drug-likeness (QED) is 0.741. The van der Waals surface area contributed by atoms with Crippen LogP contribution in [0, 0.1) is 0 Å².